The molecule has 0 amide bonds. The fraction of sp³-hybridized carbons (Fsp3) is 0.621. The molecule has 172 valence electrons. The van der Waals surface area contributed by atoms with Gasteiger partial charge in [0, 0.05) is 16.6 Å². The summed E-state index contributed by atoms with van der Waals surface area (Å²) in [5.74, 6) is 1.27. The number of unbranched alkanes of at least 4 members (excludes halogenated alkanes) is 4. The summed E-state index contributed by atoms with van der Waals surface area (Å²) in [6.07, 6.45) is 15.3. The van der Waals surface area contributed by atoms with Gasteiger partial charge in [0.2, 0.25) is 0 Å². The van der Waals surface area contributed by atoms with E-state index in [-0.39, 0.29) is 5.78 Å². The second-order valence-electron chi connectivity index (χ2n) is 10.3. The minimum absolute atomic E-state index is 0.165. The zero-order valence-corrected chi connectivity index (χ0v) is 20.2. The van der Waals surface area contributed by atoms with Crippen LogP contribution in [0.25, 0.3) is 0 Å². The highest BCUT2D eigenvalue weighted by Crippen LogP contribution is 2.44. The number of ketones is 1. The van der Waals surface area contributed by atoms with Crippen molar-refractivity contribution in [3.63, 3.8) is 0 Å². The Morgan fingerprint density at radius 1 is 0.871 bits per heavy atom. The van der Waals surface area contributed by atoms with E-state index in [1.807, 2.05) is 24.3 Å². The quantitative estimate of drug-likeness (QED) is 0.214. The number of carbonyl (C=O) groups excluding carboxylic acids is 1. The average Bonchev–Trinajstić information content (AvgIpc) is 2.74. The fourth-order valence-electron chi connectivity index (χ4n) is 4.68. The third-order valence-corrected chi connectivity index (χ3v) is 6.63. The highest BCUT2D eigenvalue weighted by molar-refractivity contribution is 6.09. The molecule has 0 heterocycles. The minimum atomic E-state index is -1.22. The van der Waals surface area contributed by atoms with E-state index >= 15 is 4.39 Å². The average molecular weight is 427 g/mol. The maximum Gasteiger partial charge on any atom is 0.191 e. The molecule has 0 radical (unpaired) electrons. The van der Waals surface area contributed by atoms with Gasteiger partial charge in [-0.15, -0.1) is 0 Å². The highest BCUT2D eigenvalue weighted by Gasteiger charge is 2.41. The Morgan fingerprint density at radius 3 is 1.94 bits per heavy atom. The third kappa shape index (κ3) is 8.05. The normalized spacial score (nSPS) is 17.9. The van der Waals surface area contributed by atoms with Crippen LogP contribution < -0.4 is 0 Å². The van der Waals surface area contributed by atoms with Crippen LogP contribution in [0.5, 0.6) is 0 Å². The van der Waals surface area contributed by atoms with Crippen LogP contribution >= 0.6 is 0 Å². The number of benzene rings is 1. The van der Waals surface area contributed by atoms with Gasteiger partial charge in [0.1, 0.15) is 6.17 Å². The fourth-order valence-corrected chi connectivity index (χ4v) is 4.68. The first-order valence-corrected chi connectivity index (χ1v) is 12.5. The number of rotatable bonds is 14. The Labute approximate surface area is 190 Å². The summed E-state index contributed by atoms with van der Waals surface area (Å²) >= 11 is 0. The minimum Gasteiger partial charge on any atom is -0.289 e. The van der Waals surface area contributed by atoms with E-state index in [4.69, 9.17) is 0 Å². The molecule has 0 saturated heterocycles. The molecule has 0 saturated carbocycles. The lowest BCUT2D eigenvalue weighted by Gasteiger charge is -2.37. The smallest absolute Gasteiger partial charge is 0.191 e. The largest absolute Gasteiger partial charge is 0.289 e. The van der Waals surface area contributed by atoms with Crippen LogP contribution in [0.4, 0.5) is 4.39 Å². The van der Waals surface area contributed by atoms with E-state index < -0.39 is 11.6 Å². The summed E-state index contributed by atoms with van der Waals surface area (Å²) in [5, 5.41) is 0. The molecule has 0 aliphatic heterocycles. The molecule has 1 aromatic rings. The number of hydrogen-bond donors (Lipinski definition) is 0. The predicted molar refractivity (Wildman–Crippen MR) is 131 cm³/mol. The topological polar surface area (TPSA) is 17.1 Å². The van der Waals surface area contributed by atoms with Crippen molar-refractivity contribution in [1.29, 1.82) is 0 Å². The van der Waals surface area contributed by atoms with Crippen LogP contribution in [-0.4, -0.2) is 12.0 Å². The Hall–Kier alpha value is -1.70. The zero-order valence-electron chi connectivity index (χ0n) is 20.2. The number of alkyl halides is 1. The number of carbonyl (C=O) groups is 1. The maximum atomic E-state index is 16.0. The number of Topliss-reactive ketones (excluding diaryl/α,β-unsaturated/α-hetero) is 1. The predicted octanol–water partition coefficient (Wildman–Crippen LogP) is 8.90. The van der Waals surface area contributed by atoms with Gasteiger partial charge in [-0.2, -0.15) is 0 Å². The molecular weight excluding hydrogens is 383 g/mol. The van der Waals surface area contributed by atoms with Crippen LogP contribution in [0.2, 0.25) is 0 Å². The van der Waals surface area contributed by atoms with Crippen molar-refractivity contribution in [2.45, 2.75) is 98.1 Å². The standard InChI is InChI=1S/C29H43FO/c1-23(2)15-8-6-12-20-29(21-13-7-9-16-24(3)4)22-14-19-26(28(29)30)27(31)25-17-10-5-11-18-25/h5,10-11,14,17-19,22-24,28H,6-9,12-13,15-16,20-21H2,1-4H3. The molecule has 1 unspecified atom stereocenters. The first kappa shape index (κ1) is 25.6. The van der Waals surface area contributed by atoms with Crippen LogP contribution in [0, 0.1) is 17.3 Å². The SMILES string of the molecule is CC(C)CCCCCC1(CCCCCC(C)C)C=CC=C(C(=O)c2ccccc2)C1F. The summed E-state index contributed by atoms with van der Waals surface area (Å²) in [6.45, 7) is 9.03. The first-order valence-electron chi connectivity index (χ1n) is 12.5. The summed E-state index contributed by atoms with van der Waals surface area (Å²) in [6, 6.07) is 9.14. The number of halogens is 1. The molecule has 2 rings (SSSR count). The maximum absolute atomic E-state index is 16.0. The molecule has 0 bridgehead atoms. The van der Waals surface area contributed by atoms with Crippen molar-refractivity contribution in [1.82, 2.24) is 0 Å². The molecule has 31 heavy (non-hydrogen) atoms. The van der Waals surface area contributed by atoms with E-state index in [1.165, 1.54) is 25.7 Å². The van der Waals surface area contributed by atoms with Crippen molar-refractivity contribution < 1.29 is 9.18 Å². The Bertz CT molecular complexity index is 696. The van der Waals surface area contributed by atoms with Gasteiger partial charge in [-0.05, 0) is 24.7 Å². The Balaban J connectivity index is 2.07. The van der Waals surface area contributed by atoms with Crippen LogP contribution in [0.1, 0.15) is 102 Å². The van der Waals surface area contributed by atoms with Gasteiger partial charge >= 0.3 is 0 Å². The first-order chi connectivity index (χ1) is 14.9. The Kier molecular flexibility index (Phi) is 10.7. The van der Waals surface area contributed by atoms with Crippen molar-refractivity contribution in [2.24, 2.45) is 17.3 Å². The zero-order chi connectivity index (χ0) is 22.7. The molecule has 1 aliphatic carbocycles. The lowest BCUT2D eigenvalue weighted by molar-refractivity contribution is 0.0950. The second-order valence-corrected chi connectivity index (χ2v) is 10.3. The van der Waals surface area contributed by atoms with Crippen molar-refractivity contribution in [2.75, 3.05) is 0 Å². The van der Waals surface area contributed by atoms with Crippen molar-refractivity contribution in [3.05, 3.63) is 59.7 Å². The summed E-state index contributed by atoms with van der Waals surface area (Å²) < 4.78 is 16.0. The Morgan fingerprint density at radius 2 is 1.42 bits per heavy atom. The van der Waals surface area contributed by atoms with Crippen LogP contribution in [0.15, 0.2) is 54.1 Å². The monoisotopic (exact) mass is 426 g/mol. The van der Waals surface area contributed by atoms with Gasteiger partial charge in [0.15, 0.2) is 5.78 Å². The highest BCUT2D eigenvalue weighted by atomic mass is 19.1. The van der Waals surface area contributed by atoms with Crippen LogP contribution in [0.3, 0.4) is 0 Å². The molecule has 1 atom stereocenters. The van der Waals surface area contributed by atoms with E-state index in [0.717, 1.165) is 50.4 Å². The molecule has 2 heteroatoms. The van der Waals surface area contributed by atoms with E-state index in [1.54, 1.807) is 18.2 Å². The van der Waals surface area contributed by atoms with Gasteiger partial charge in [0.05, 0.1) is 0 Å². The number of allylic oxidation sites excluding steroid dienone is 4. The molecule has 1 nitrogen and oxygen atoms in total. The van der Waals surface area contributed by atoms with Gasteiger partial charge in [0.25, 0.3) is 0 Å². The van der Waals surface area contributed by atoms with Gasteiger partial charge in [-0.3, -0.25) is 4.79 Å². The molecular formula is C29H43FO. The second kappa shape index (κ2) is 13.0. The van der Waals surface area contributed by atoms with Gasteiger partial charge in [-0.1, -0.05) is 128 Å². The van der Waals surface area contributed by atoms with Crippen molar-refractivity contribution in [3.8, 4) is 0 Å². The van der Waals surface area contributed by atoms with Crippen LogP contribution in [-0.2, 0) is 0 Å². The van der Waals surface area contributed by atoms with E-state index in [9.17, 15) is 4.79 Å². The summed E-state index contributed by atoms with van der Waals surface area (Å²) in [4.78, 5) is 13.1. The third-order valence-electron chi connectivity index (χ3n) is 6.63. The van der Waals surface area contributed by atoms with E-state index in [2.05, 4.69) is 33.8 Å². The lowest BCUT2D eigenvalue weighted by Crippen LogP contribution is -2.36. The van der Waals surface area contributed by atoms with Gasteiger partial charge < -0.3 is 0 Å². The van der Waals surface area contributed by atoms with E-state index in [0.29, 0.717) is 11.1 Å². The molecule has 1 aliphatic rings. The summed E-state index contributed by atoms with van der Waals surface area (Å²) in [5.41, 5.74) is 0.372. The molecule has 0 spiro atoms. The molecule has 0 N–H and O–H groups in total. The molecule has 0 aromatic heterocycles. The molecule has 1 aromatic carbocycles. The van der Waals surface area contributed by atoms with Crippen molar-refractivity contribution >= 4 is 5.78 Å². The lowest BCUT2D eigenvalue weighted by atomic mass is 9.68. The summed E-state index contributed by atoms with van der Waals surface area (Å²) in [7, 11) is 0. The van der Waals surface area contributed by atoms with Gasteiger partial charge in [-0.25, -0.2) is 4.39 Å². The molecule has 0 fully saturated rings. The number of hydrogen-bond acceptors (Lipinski definition) is 1.